The molecule has 7 heteroatoms. The number of carbonyl (C=O) groups excluding carboxylic acids is 1. The fraction of sp³-hybridized carbons (Fsp3) is 0.273. The third-order valence-electron chi connectivity index (χ3n) is 4.12. The highest BCUT2D eigenvalue weighted by Gasteiger charge is 2.32. The third-order valence-corrected chi connectivity index (χ3v) is 4.12. The summed E-state index contributed by atoms with van der Waals surface area (Å²) in [5.74, 6) is -0.521. The first-order valence-electron chi connectivity index (χ1n) is 9.10. The zero-order valence-electron chi connectivity index (χ0n) is 16.4. The van der Waals surface area contributed by atoms with Gasteiger partial charge < -0.3 is 19.7 Å². The molecule has 7 nitrogen and oxygen atoms in total. The first kappa shape index (κ1) is 22.0. The van der Waals surface area contributed by atoms with E-state index in [-0.39, 0.29) is 13.2 Å². The summed E-state index contributed by atoms with van der Waals surface area (Å²) < 4.78 is 11.0. The molecule has 0 saturated heterocycles. The zero-order valence-corrected chi connectivity index (χ0v) is 16.4. The van der Waals surface area contributed by atoms with Crippen LogP contribution >= 0.6 is 0 Å². The topological polar surface area (TPSA) is 105 Å². The first-order chi connectivity index (χ1) is 13.8. The Balaban J connectivity index is 2.25. The average molecular weight is 399 g/mol. The van der Waals surface area contributed by atoms with Gasteiger partial charge in [-0.05, 0) is 29.8 Å². The summed E-state index contributed by atoms with van der Waals surface area (Å²) in [5, 5.41) is 20.5. The van der Waals surface area contributed by atoms with Crippen LogP contribution in [0.15, 0.2) is 66.7 Å². The molecule has 0 spiro atoms. The molecule has 2 aromatic rings. The van der Waals surface area contributed by atoms with Crippen LogP contribution in [-0.4, -0.2) is 35.5 Å². The molecular weight excluding hydrogens is 374 g/mol. The fourth-order valence-corrected chi connectivity index (χ4v) is 2.70. The summed E-state index contributed by atoms with van der Waals surface area (Å²) >= 11 is 0. The predicted octanol–water partition coefficient (Wildman–Crippen LogP) is 4.01. The van der Waals surface area contributed by atoms with Crippen molar-refractivity contribution in [3.63, 3.8) is 0 Å². The van der Waals surface area contributed by atoms with Crippen LogP contribution in [0.5, 0.6) is 5.75 Å². The molecule has 154 valence electrons. The molecule has 1 amide bonds. The van der Waals surface area contributed by atoms with Crippen LogP contribution in [-0.2, 0) is 9.53 Å². The van der Waals surface area contributed by atoms with Crippen molar-refractivity contribution in [2.24, 2.45) is 5.41 Å². The molecule has 0 aliphatic heterocycles. The van der Waals surface area contributed by atoms with Crippen molar-refractivity contribution in [1.29, 1.82) is 0 Å². The number of aliphatic carboxylic acids is 1. The Morgan fingerprint density at radius 2 is 1.76 bits per heavy atom. The summed E-state index contributed by atoms with van der Waals surface area (Å²) in [6.07, 6.45) is 1.11. The number of para-hydroxylation sites is 1. The van der Waals surface area contributed by atoms with Crippen molar-refractivity contribution in [3.8, 4) is 5.75 Å². The SMILES string of the molecule is CC(C)(/C=C/C(=O)O)[C@H](OC(=O)Nc1ccccc1)c1ccc(OCCO)cc1. The van der Waals surface area contributed by atoms with Gasteiger partial charge in [0, 0.05) is 17.2 Å². The number of hydrogen-bond acceptors (Lipinski definition) is 5. The number of rotatable bonds is 9. The molecular formula is C22H25NO6. The second-order valence-electron chi connectivity index (χ2n) is 6.91. The number of ether oxygens (including phenoxy) is 2. The molecule has 2 aromatic carbocycles. The Morgan fingerprint density at radius 1 is 1.10 bits per heavy atom. The van der Waals surface area contributed by atoms with Gasteiger partial charge in [-0.3, -0.25) is 5.32 Å². The summed E-state index contributed by atoms with van der Waals surface area (Å²) in [5.41, 5.74) is 0.451. The van der Waals surface area contributed by atoms with E-state index in [1.165, 1.54) is 6.08 Å². The Hall–Kier alpha value is -3.32. The van der Waals surface area contributed by atoms with Gasteiger partial charge in [-0.1, -0.05) is 50.3 Å². The van der Waals surface area contributed by atoms with E-state index in [0.717, 1.165) is 6.08 Å². The van der Waals surface area contributed by atoms with Gasteiger partial charge in [0.1, 0.15) is 18.5 Å². The standard InChI is InChI=1S/C22H25NO6/c1-22(2,13-12-19(25)26)20(16-8-10-18(11-9-16)28-15-14-24)29-21(27)23-17-6-4-3-5-7-17/h3-13,20,24H,14-15H2,1-2H3,(H,23,27)(H,25,26)/b13-12+/t20-/m1/s1. The number of anilines is 1. The largest absolute Gasteiger partial charge is 0.491 e. The highest BCUT2D eigenvalue weighted by molar-refractivity contribution is 5.84. The van der Waals surface area contributed by atoms with E-state index in [4.69, 9.17) is 19.7 Å². The molecule has 3 N–H and O–H groups in total. The minimum absolute atomic E-state index is 0.0971. The highest BCUT2D eigenvalue weighted by Crippen LogP contribution is 2.38. The lowest BCUT2D eigenvalue weighted by atomic mass is 9.82. The molecule has 0 heterocycles. The molecule has 0 radical (unpaired) electrons. The van der Waals surface area contributed by atoms with E-state index in [0.29, 0.717) is 17.0 Å². The number of hydrogen-bond donors (Lipinski definition) is 3. The minimum atomic E-state index is -1.08. The summed E-state index contributed by atoms with van der Waals surface area (Å²) in [4.78, 5) is 23.4. The van der Waals surface area contributed by atoms with Crippen LogP contribution in [0.2, 0.25) is 0 Å². The number of aliphatic hydroxyl groups is 1. The van der Waals surface area contributed by atoms with Crippen LogP contribution in [0.3, 0.4) is 0 Å². The van der Waals surface area contributed by atoms with Gasteiger partial charge in [-0.25, -0.2) is 9.59 Å². The molecule has 2 rings (SSSR count). The van der Waals surface area contributed by atoms with Gasteiger partial charge in [-0.2, -0.15) is 0 Å². The van der Waals surface area contributed by atoms with Gasteiger partial charge in [-0.15, -0.1) is 0 Å². The minimum Gasteiger partial charge on any atom is -0.491 e. The maximum absolute atomic E-state index is 12.5. The molecule has 0 unspecified atom stereocenters. The number of aliphatic hydroxyl groups excluding tert-OH is 1. The fourth-order valence-electron chi connectivity index (χ4n) is 2.70. The molecule has 0 fully saturated rings. The summed E-state index contributed by atoms with van der Waals surface area (Å²) in [7, 11) is 0. The van der Waals surface area contributed by atoms with Gasteiger partial charge >= 0.3 is 12.1 Å². The van der Waals surface area contributed by atoms with Gasteiger partial charge in [0.25, 0.3) is 0 Å². The van der Waals surface area contributed by atoms with E-state index < -0.39 is 23.6 Å². The van der Waals surface area contributed by atoms with Crippen molar-refractivity contribution in [2.45, 2.75) is 20.0 Å². The second kappa shape index (κ2) is 10.3. The Morgan fingerprint density at radius 3 is 2.34 bits per heavy atom. The average Bonchev–Trinajstić information content (AvgIpc) is 2.70. The smallest absolute Gasteiger partial charge is 0.412 e. The molecule has 0 aliphatic rings. The van der Waals surface area contributed by atoms with Gasteiger partial charge in [0.2, 0.25) is 0 Å². The van der Waals surface area contributed by atoms with Crippen LogP contribution in [0.4, 0.5) is 10.5 Å². The maximum Gasteiger partial charge on any atom is 0.412 e. The predicted molar refractivity (Wildman–Crippen MR) is 109 cm³/mol. The third kappa shape index (κ3) is 6.97. The lowest BCUT2D eigenvalue weighted by Crippen LogP contribution is -2.27. The number of carbonyl (C=O) groups is 2. The van der Waals surface area contributed by atoms with E-state index in [2.05, 4.69) is 5.32 Å². The van der Waals surface area contributed by atoms with E-state index in [9.17, 15) is 9.59 Å². The summed E-state index contributed by atoms with van der Waals surface area (Å²) in [6, 6.07) is 15.8. The van der Waals surface area contributed by atoms with Crippen molar-refractivity contribution in [1.82, 2.24) is 0 Å². The van der Waals surface area contributed by atoms with Crippen molar-refractivity contribution < 1.29 is 29.3 Å². The number of benzene rings is 2. The molecule has 0 aromatic heterocycles. The highest BCUT2D eigenvalue weighted by atomic mass is 16.6. The van der Waals surface area contributed by atoms with E-state index in [1.807, 2.05) is 6.07 Å². The lowest BCUT2D eigenvalue weighted by molar-refractivity contribution is -0.131. The van der Waals surface area contributed by atoms with Crippen molar-refractivity contribution >= 4 is 17.7 Å². The van der Waals surface area contributed by atoms with Crippen molar-refractivity contribution in [3.05, 3.63) is 72.3 Å². The normalized spacial score (nSPS) is 12.4. The zero-order chi connectivity index (χ0) is 21.3. The number of amides is 1. The maximum atomic E-state index is 12.5. The molecule has 0 saturated carbocycles. The summed E-state index contributed by atoms with van der Waals surface area (Å²) in [6.45, 7) is 3.64. The van der Waals surface area contributed by atoms with Crippen LogP contribution < -0.4 is 10.1 Å². The van der Waals surface area contributed by atoms with Crippen LogP contribution in [0.25, 0.3) is 0 Å². The molecule has 0 aliphatic carbocycles. The Labute approximate surface area is 169 Å². The van der Waals surface area contributed by atoms with Crippen LogP contribution in [0.1, 0.15) is 25.5 Å². The van der Waals surface area contributed by atoms with E-state index in [1.54, 1.807) is 62.4 Å². The molecule has 0 bridgehead atoms. The Kier molecular flexibility index (Phi) is 7.79. The van der Waals surface area contributed by atoms with Gasteiger partial charge in [0.05, 0.1) is 6.61 Å². The van der Waals surface area contributed by atoms with Crippen LogP contribution in [0, 0.1) is 5.41 Å². The monoisotopic (exact) mass is 399 g/mol. The lowest BCUT2D eigenvalue weighted by Gasteiger charge is -2.31. The quantitative estimate of drug-likeness (QED) is 0.550. The molecule has 29 heavy (non-hydrogen) atoms. The van der Waals surface area contributed by atoms with Gasteiger partial charge in [0.15, 0.2) is 0 Å². The number of carboxylic acids is 1. The molecule has 1 atom stereocenters. The number of nitrogens with one attached hydrogen (secondary N) is 1. The second-order valence-corrected chi connectivity index (χ2v) is 6.91. The number of carboxylic acid groups (broad SMARTS) is 1. The first-order valence-corrected chi connectivity index (χ1v) is 9.10. The Bertz CT molecular complexity index is 830. The van der Waals surface area contributed by atoms with Crippen molar-refractivity contribution in [2.75, 3.05) is 18.5 Å². The van der Waals surface area contributed by atoms with E-state index >= 15 is 0 Å².